The van der Waals surface area contributed by atoms with Crippen LogP contribution in [0.4, 0.5) is 5.69 Å². The van der Waals surface area contributed by atoms with Gasteiger partial charge in [0.1, 0.15) is 13.2 Å². The van der Waals surface area contributed by atoms with Gasteiger partial charge in [0.25, 0.3) is 0 Å². The highest BCUT2D eigenvalue weighted by Gasteiger charge is 2.28. The highest BCUT2D eigenvalue weighted by molar-refractivity contribution is 6.05. The maximum Gasteiger partial charge on any atom is 0.310 e. The lowest BCUT2D eigenvalue weighted by atomic mass is 9.98. The van der Waals surface area contributed by atoms with E-state index >= 15 is 0 Å². The number of hydrogen-bond acceptors (Lipinski definition) is 7. The van der Waals surface area contributed by atoms with Gasteiger partial charge in [-0.3, -0.25) is 19.3 Å². The Bertz CT molecular complexity index is 763. The van der Waals surface area contributed by atoms with Gasteiger partial charge >= 0.3 is 5.97 Å². The van der Waals surface area contributed by atoms with E-state index in [-0.39, 0.29) is 30.1 Å². The second kappa shape index (κ2) is 9.05. The third kappa shape index (κ3) is 4.81. The van der Waals surface area contributed by atoms with Crippen molar-refractivity contribution in [2.45, 2.75) is 26.7 Å². The van der Waals surface area contributed by atoms with Crippen molar-refractivity contribution in [3.8, 4) is 11.5 Å². The minimum atomic E-state index is -0.247. The van der Waals surface area contributed by atoms with Crippen molar-refractivity contribution in [3.05, 3.63) is 17.7 Å². The highest BCUT2D eigenvalue weighted by Crippen LogP contribution is 2.36. The molecule has 1 unspecified atom stereocenters. The van der Waals surface area contributed by atoms with E-state index in [0.29, 0.717) is 49.1 Å². The van der Waals surface area contributed by atoms with Gasteiger partial charge in [0.15, 0.2) is 17.3 Å². The van der Waals surface area contributed by atoms with Crippen LogP contribution in [0.1, 0.15) is 37.0 Å². The number of nitrogens with one attached hydrogen (secondary N) is 1. The number of piperidine rings is 1. The zero-order valence-corrected chi connectivity index (χ0v) is 16.3. The van der Waals surface area contributed by atoms with Gasteiger partial charge in [0.05, 0.1) is 24.8 Å². The molecule has 152 valence electrons. The molecule has 0 saturated carbocycles. The van der Waals surface area contributed by atoms with Crippen LogP contribution >= 0.6 is 0 Å². The minimum Gasteiger partial charge on any atom is -0.486 e. The summed E-state index contributed by atoms with van der Waals surface area (Å²) in [6.07, 6.45) is 1.60. The molecule has 0 bridgehead atoms. The number of amides is 1. The van der Waals surface area contributed by atoms with Crippen molar-refractivity contribution in [2.24, 2.45) is 5.92 Å². The van der Waals surface area contributed by atoms with Gasteiger partial charge in [-0.2, -0.15) is 0 Å². The third-order valence-electron chi connectivity index (χ3n) is 4.83. The lowest BCUT2D eigenvalue weighted by Crippen LogP contribution is -2.43. The molecule has 3 rings (SSSR count). The van der Waals surface area contributed by atoms with Crippen molar-refractivity contribution < 1.29 is 28.6 Å². The fraction of sp³-hybridized carbons (Fsp3) is 0.550. The summed E-state index contributed by atoms with van der Waals surface area (Å²) in [5.41, 5.74) is 0.779. The molecule has 1 saturated heterocycles. The monoisotopic (exact) mass is 390 g/mol. The molecular formula is C20H26N2O6. The minimum absolute atomic E-state index is 0.141. The molecule has 1 aromatic carbocycles. The summed E-state index contributed by atoms with van der Waals surface area (Å²) in [7, 11) is 0. The molecule has 1 amide bonds. The van der Waals surface area contributed by atoms with E-state index in [1.807, 2.05) is 4.90 Å². The van der Waals surface area contributed by atoms with E-state index in [1.54, 1.807) is 19.1 Å². The van der Waals surface area contributed by atoms with Crippen LogP contribution in [0.25, 0.3) is 0 Å². The maximum absolute atomic E-state index is 12.6. The van der Waals surface area contributed by atoms with E-state index < -0.39 is 0 Å². The predicted molar refractivity (Wildman–Crippen MR) is 102 cm³/mol. The van der Waals surface area contributed by atoms with Gasteiger partial charge in [-0.05, 0) is 39.3 Å². The van der Waals surface area contributed by atoms with Gasteiger partial charge in [-0.15, -0.1) is 0 Å². The highest BCUT2D eigenvalue weighted by atomic mass is 16.6. The van der Waals surface area contributed by atoms with Gasteiger partial charge < -0.3 is 19.5 Å². The van der Waals surface area contributed by atoms with Gasteiger partial charge in [0, 0.05) is 18.2 Å². The quantitative estimate of drug-likeness (QED) is 0.585. The molecule has 2 heterocycles. The topological polar surface area (TPSA) is 94.2 Å². The largest absolute Gasteiger partial charge is 0.486 e. The zero-order valence-electron chi connectivity index (χ0n) is 16.3. The summed E-state index contributed by atoms with van der Waals surface area (Å²) in [5.74, 6) is 0.174. The van der Waals surface area contributed by atoms with Gasteiger partial charge in [0.2, 0.25) is 5.91 Å². The van der Waals surface area contributed by atoms with Gasteiger partial charge in [-0.1, -0.05) is 0 Å². The Morgan fingerprint density at radius 2 is 1.93 bits per heavy atom. The van der Waals surface area contributed by atoms with Crippen molar-refractivity contribution in [2.75, 3.05) is 44.8 Å². The van der Waals surface area contributed by atoms with Crippen LogP contribution in [0.15, 0.2) is 12.1 Å². The van der Waals surface area contributed by atoms with Gasteiger partial charge in [-0.25, -0.2) is 0 Å². The summed E-state index contributed by atoms with van der Waals surface area (Å²) in [5, 5.41) is 2.81. The molecule has 0 aromatic heterocycles. The molecule has 28 heavy (non-hydrogen) atoms. The number of hydrogen-bond donors (Lipinski definition) is 1. The number of ketones is 1. The summed E-state index contributed by atoms with van der Waals surface area (Å²) in [6, 6.07) is 3.23. The Morgan fingerprint density at radius 1 is 1.21 bits per heavy atom. The van der Waals surface area contributed by atoms with Crippen LogP contribution in [0.2, 0.25) is 0 Å². The van der Waals surface area contributed by atoms with Crippen LogP contribution in [0.5, 0.6) is 11.5 Å². The number of likely N-dealkylation sites (tertiary alicyclic amines) is 1. The fourth-order valence-electron chi connectivity index (χ4n) is 3.53. The number of fused-ring (bicyclic) bond motifs is 1. The zero-order chi connectivity index (χ0) is 20.1. The summed E-state index contributed by atoms with van der Waals surface area (Å²) in [4.78, 5) is 38.5. The lowest BCUT2D eigenvalue weighted by molar-refractivity contribution is -0.150. The van der Waals surface area contributed by atoms with Crippen molar-refractivity contribution >= 4 is 23.3 Å². The number of esters is 1. The average Bonchev–Trinajstić information content (AvgIpc) is 2.67. The van der Waals surface area contributed by atoms with Crippen LogP contribution in [0, 0.1) is 5.92 Å². The Hall–Kier alpha value is -2.61. The normalized spacial score (nSPS) is 19.0. The number of ether oxygens (including phenoxy) is 3. The SMILES string of the molecule is CCOC(=O)C1CCCN(CC(=O)Nc2cc3c(cc2C(C)=O)OCCO3)C1. The van der Waals surface area contributed by atoms with E-state index in [9.17, 15) is 14.4 Å². The Morgan fingerprint density at radius 3 is 2.61 bits per heavy atom. The predicted octanol–water partition coefficient (Wildman–Crippen LogP) is 1.87. The second-order valence-electron chi connectivity index (χ2n) is 6.97. The Balaban J connectivity index is 1.66. The summed E-state index contributed by atoms with van der Waals surface area (Å²) >= 11 is 0. The molecule has 1 fully saturated rings. The standard InChI is InChI=1S/C20H26N2O6/c1-3-26-20(25)14-5-4-6-22(11-14)12-19(24)21-16-10-18-17(27-7-8-28-18)9-15(16)13(2)23/h9-10,14H,3-8,11-12H2,1-2H3,(H,21,24). The number of nitrogens with zero attached hydrogens (tertiary/aromatic N) is 1. The molecule has 0 aliphatic carbocycles. The van der Waals surface area contributed by atoms with Crippen molar-refractivity contribution in [1.29, 1.82) is 0 Å². The number of carbonyl (C=O) groups is 3. The molecular weight excluding hydrogens is 364 g/mol. The first kappa shape index (κ1) is 20.1. The van der Waals surface area contributed by atoms with Crippen LogP contribution in [-0.4, -0.2) is 62.0 Å². The molecule has 1 N–H and O–H groups in total. The number of anilines is 1. The molecule has 1 atom stereocenters. The van der Waals surface area contributed by atoms with E-state index in [1.165, 1.54) is 6.92 Å². The maximum atomic E-state index is 12.6. The van der Waals surface area contributed by atoms with Crippen molar-refractivity contribution in [3.63, 3.8) is 0 Å². The first-order valence-corrected chi connectivity index (χ1v) is 9.61. The lowest BCUT2D eigenvalue weighted by Gasteiger charge is -2.31. The Labute approximate surface area is 164 Å². The molecule has 1 aromatic rings. The summed E-state index contributed by atoms with van der Waals surface area (Å²) in [6.45, 7) is 5.80. The number of benzene rings is 1. The number of rotatable bonds is 6. The van der Waals surface area contributed by atoms with Crippen LogP contribution in [-0.2, 0) is 14.3 Å². The summed E-state index contributed by atoms with van der Waals surface area (Å²) < 4.78 is 16.1. The van der Waals surface area contributed by atoms with E-state index in [4.69, 9.17) is 14.2 Å². The average molecular weight is 390 g/mol. The third-order valence-corrected chi connectivity index (χ3v) is 4.83. The number of Topliss-reactive ketones (excluding diaryl/α,β-unsaturated/α-hetero) is 1. The van der Waals surface area contributed by atoms with Crippen LogP contribution < -0.4 is 14.8 Å². The molecule has 8 nitrogen and oxygen atoms in total. The molecule has 0 radical (unpaired) electrons. The van der Waals surface area contributed by atoms with E-state index in [0.717, 1.165) is 19.4 Å². The fourth-order valence-corrected chi connectivity index (χ4v) is 3.53. The molecule has 2 aliphatic heterocycles. The first-order chi connectivity index (χ1) is 13.5. The molecule has 2 aliphatic rings. The molecule has 8 heteroatoms. The Kier molecular flexibility index (Phi) is 6.51. The van der Waals surface area contributed by atoms with E-state index in [2.05, 4.69) is 5.32 Å². The first-order valence-electron chi connectivity index (χ1n) is 9.61. The second-order valence-corrected chi connectivity index (χ2v) is 6.97. The molecule has 0 spiro atoms. The van der Waals surface area contributed by atoms with Crippen molar-refractivity contribution in [1.82, 2.24) is 4.90 Å². The number of carbonyl (C=O) groups excluding carboxylic acids is 3. The van der Waals surface area contributed by atoms with Crippen LogP contribution in [0.3, 0.4) is 0 Å². The smallest absolute Gasteiger partial charge is 0.310 e.